The molecule has 2 fully saturated rings. The van der Waals surface area contributed by atoms with Gasteiger partial charge >= 0.3 is 0 Å². The number of carbonyl (C=O) groups is 1. The van der Waals surface area contributed by atoms with Crippen LogP contribution in [-0.4, -0.2) is 35.0 Å². The first kappa shape index (κ1) is 17.7. The molecular formula is C21H32N4O. The minimum Gasteiger partial charge on any atom is -0.354 e. The Kier molecular flexibility index (Phi) is 5.41. The van der Waals surface area contributed by atoms with Crippen LogP contribution in [0.2, 0.25) is 0 Å². The molecule has 0 spiro atoms. The van der Waals surface area contributed by atoms with E-state index in [0.717, 1.165) is 50.4 Å². The molecule has 2 aliphatic carbocycles. The number of amides is 1. The minimum absolute atomic E-state index is 0.0566. The fourth-order valence-electron chi connectivity index (χ4n) is 4.98. The van der Waals surface area contributed by atoms with E-state index in [9.17, 15) is 4.79 Å². The van der Waals surface area contributed by atoms with Crippen LogP contribution in [0.3, 0.4) is 0 Å². The van der Waals surface area contributed by atoms with E-state index in [1.807, 2.05) is 6.92 Å². The number of nitrogens with one attached hydrogen (secondary N) is 1. The van der Waals surface area contributed by atoms with Gasteiger partial charge in [0.2, 0.25) is 5.91 Å². The van der Waals surface area contributed by atoms with Crippen LogP contribution in [-0.2, 0) is 17.6 Å². The van der Waals surface area contributed by atoms with E-state index in [4.69, 9.17) is 4.98 Å². The zero-order valence-electron chi connectivity index (χ0n) is 16.1. The van der Waals surface area contributed by atoms with Gasteiger partial charge in [-0.05, 0) is 64.2 Å². The monoisotopic (exact) mass is 356 g/mol. The zero-order valence-corrected chi connectivity index (χ0v) is 16.1. The molecule has 3 aliphatic rings. The molecule has 1 aliphatic heterocycles. The van der Waals surface area contributed by atoms with Crippen molar-refractivity contribution < 1.29 is 4.79 Å². The van der Waals surface area contributed by atoms with Crippen molar-refractivity contribution in [2.45, 2.75) is 83.6 Å². The topological polar surface area (TPSA) is 58.1 Å². The molecule has 1 saturated heterocycles. The van der Waals surface area contributed by atoms with Gasteiger partial charge in [0.1, 0.15) is 17.7 Å². The second-order valence-electron chi connectivity index (χ2n) is 8.33. The number of nitrogens with zero attached hydrogens (tertiary/aromatic N) is 3. The van der Waals surface area contributed by atoms with Crippen molar-refractivity contribution >= 4 is 11.7 Å². The van der Waals surface area contributed by atoms with Gasteiger partial charge in [0.05, 0.1) is 0 Å². The van der Waals surface area contributed by atoms with Crippen molar-refractivity contribution in [1.82, 2.24) is 15.3 Å². The lowest BCUT2D eigenvalue weighted by Crippen LogP contribution is -2.45. The average Bonchev–Trinajstić information content (AvgIpc) is 3.16. The Morgan fingerprint density at radius 1 is 1.04 bits per heavy atom. The summed E-state index contributed by atoms with van der Waals surface area (Å²) in [7, 11) is 0. The maximum absolute atomic E-state index is 12.9. The van der Waals surface area contributed by atoms with E-state index < -0.39 is 0 Å². The first-order valence-electron chi connectivity index (χ1n) is 10.6. The van der Waals surface area contributed by atoms with Crippen LogP contribution in [0.5, 0.6) is 0 Å². The standard InChI is InChI=1S/C21H32N4O/c1-15-23-18-11-6-5-10-17(18)20(24-15)25-13-7-12-19(25)21(26)22-14-16-8-3-2-4-9-16/h16,19H,2-14H2,1H3,(H,22,26). The van der Waals surface area contributed by atoms with Gasteiger partial charge in [-0.2, -0.15) is 0 Å². The summed E-state index contributed by atoms with van der Waals surface area (Å²) < 4.78 is 0. The third-order valence-corrected chi connectivity index (χ3v) is 6.39. The lowest BCUT2D eigenvalue weighted by Gasteiger charge is -2.30. The van der Waals surface area contributed by atoms with E-state index in [2.05, 4.69) is 15.2 Å². The molecule has 2 heterocycles. The Bertz CT molecular complexity index is 654. The van der Waals surface area contributed by atoms with Gasteiger partial charge in [-0.3, -0.25) is 4.79 Å². The summed E-state index contributed by atoms with van der Waals surface area (Å²) in [6.07, 6.45) is 13.1. The van der Waals surface area contributed by atoms with E-state index in [1.165, 1.54) is 56.2 Å². The first-order chi connectivity index (χ1) is 12.7. The number of aromatic nitrogens is 2. The van der Waals surface area contributed by atoms with Gasteiger partial charge in [0, 0.05) is 24.3 Å². The summed E-state index contributed by atoms with van der Waals surface area (Å²) >= 11 is 0. The maximum Gasteiger partial charge on any atom is 0.242 e. The number of rotatable bonds is 4. The highest BCUT2D eigenvalue weighted by Crippen LogP contribution is 2.32. The van der Waals surface area contributed by atoms with Crippen LogP contribution in [0.1, 0.15) is 74.9 Å². The molecule has 0 radical (unpaired) electrons. The molecule has 1 aromatic rings. The predicted molar refractivity (Wildman–Crippen MR) is 103 cm³/mol. The largest absolute Gasteiger partial charge is 0.354 e. The van der Waals surface area contributed by atoms with Crippen LogP contribution < -0.4 is 10.2 Å². The Morgan fingerprint density at radius 3 is 2.69 bits per heavy atom. The molecule has 1 atom stereocenters. The predicted octanol–water partition coefficient (Wildman–Crippen LogP) is 3.33. The van der Waals surface area contributed by atoms with Crippen LogP contribution >= 0.6 is 0 Å². The number of anilines is 1. The minimum atomic E-state index is -0.0566. The SMILES string of the molecule is Cc1nc2c(c(N3CCCC3C(=O)NCC3CCCCC3)n1)CCCC2. The summed E-state index contributed by atoms with van der Waals surface area (Å²) in [4.78, 5) is 24.7. The van der Waals surface area contributed by atoms with E-state index >= 15 is 0 Å². The van der Waals surface area contributed by atoms with Gasteiger partial charge in [-0.25, -0.2) is 9.97 Å². The molecule has 5 nitrogen and oxygen atoms in total. The van der Waals surface area contributed by atoms with Crippen molar-refractivity contribution in [3.63, 3.8) is 0 Å². The molecule has 1 saturated carbocycles. The quantitative estimate of drug-likeness (QED) is 0.899. The smallest absolute Gasteiger partial charge is 0.242 e. The Balaban J connectivity index is 1.48. The van der Waals surface area contributed by atoms with E-state index in [-0.39, 0.29) is 11.9 Å². The Hall–Kier alpha value is -1.65. The molecule has 4 rings (SSSR count). The fourth-order valence-corrected chi connectivity index (χ4v) is 4.98. The molecule has 1 amide bonds. The van der Waals surface area contributed by atoms with E-state index in [0.29, 0.717) is 5.92 Å². The Labute approximate surface area is 157 Å². The molecule has 1 unspecified atom stereocenters. The molecule has 1 aromatic heterocycles. The number of hydrogen-bond donors (Lipinski definition) is 1. The van der Waals surface area contributed by atoms with Crippen molar-refractivity contribution in [1.29, 1.82) is 0 Å². The van der Waals surface area contributed by atoms with Crippen LogP contribution in [0.15, 0.2) is 0 Å². The third-order valence-electron chi connectivity index (χ3n) is 6.39. The van der Waals surface area contributed by atoms with Crippen molar-refractivity contribution in [3.05, 3.63) is 17.1 Å². The fraction of sp³-hybridized carbons (Fsp3) is 0.762. The third kappa shape index (κ3) is 3.72. The normalized spacial score (nSPS) is 23.7. The van der Waals surface area contributed by atoms with Gasteiger partial charge < -0.3 is 10.2 Å². The molecule has 26 heavy (non-hydrogen) atoms. The van der Waals surface area contributed by atoms with Gasteiger partial charge in [-0.1, -0.05) is 19.3 Å². The van der Waals surface area contributed by atoms with Crippen molar-refractivity contribution in [3.8, 4) is 0 Å². The number of hydrogen-bond acceptors (Lipinski definition) is 4. The van der Waals surface area contributed by atoms with Gasteiger partial charge in [0.15, 0.2) is 0 Å². The highest BCUT2D eigenvalue weighted by Gasteiger charge is 2.34. The lowest BCUT2D eigenvalue weighted by molar-refractivity contribution is -0.122. The van der Waals surface area contributed by atoms with Gasteiger partial charge in [-0.15, -0.1) is 0 Å². The molecular weight excluding hydrogens is 324 g/mol. The first-order valence-corrected chi connectivity index (χ1v) is 10.6. The van der Waals surface area contributed by atoms with E-state index in [1.54, 1.807) is 0 Å². The van der Waals surface area contributed by atoms with Crippen molar-refractivity contribution in [2.75, 3.05) is 18.0 Å². The van der Waals surface area contributed by atoms with Crippen molar-refractivity contribution in [2.24, 2.45) is 5.92 Å². The highest BCUT2D eigenvalue weighted by molar-refractivity contribution is 5.85. The van der Waals surface area contributed by atoms with Crippen LogP contribution in [0.25, 0.3) is 0 Å². The van der Waals surface area contributed by atoms with Gasteiger partial charge in [0.25, 0.3) is 0 Å². The molecule has 142 valence electrons. The Morgan fingerprint density at radius 2 is 1.85 bits per heavy atom. The van der Waals surface area contributed by atoms with Crippen LogP contribution in [0, 0.1) is 12.8 Å². The summed E-state index contributed by atoms with van der Waals surface area (Å²) in [5, 5.41) is 3.26. The molecule has 1 N–H and O–H groups in total. The van der Waals surface area contributed by atoms with Crippen LogP contribution in [0.4, 0.5) is 5.82 Å². The molecule has 0 bridgehead atoms. The second kappa shape index (κ2) is 7.93. The zero-order chi connectivity index (χ0) is 17.9. The molecule has 5 heteroatoms. The molecule has 0 aromatic carbocycles. The summed E-state index contributed by atoms with van der Waals surface area (Å²) in [6.45, 7) is 3.76. The second-order valence-corrected chi connectivity index (χ2v) is 8.33. The summed E-state index contributed by atoms with van der Waals surface area (Å²) in [5.74, 6) is 2.77. The number of fused-ring (bicyclic) bond motifs is 1. The highest BCUT2D eigenvalue weighted by atomic mass is 16.2. The maximum atomic E-state index is 12.9. The number of aryl methyl sites for hydroxylation is 2. The summed E-state index contributed by atoms with van der Waals surface area (Å²) in [6, 6.07) is -0.0566. The number of carbonyl (C=O) groups excluding carboxylic acids is 1. The average molecular weight is 357 g/mol. The summed E-state index contributed by atoms with van der Waals surface area (Å²) in [5.41, 5.74) is 2.51. The lowest BCUT2D eigenvalue weighted by atomic mass is 9.89.